The number of nitrogens with one attached hydrogen (secondary N) is 1. The molecule has 0 aromatic carbocycles. The average Bonchev–Trinajstić information content (AvgIpc) is 3.12. The van der Waals surface area contributed by atoms with Crippen LogP contribution in [0.2, 0.25) is 0 Å². The van der Waals surface area contributed by atoms with E-state index < -0.39 is 0 Å². The van der Waals surface area contributed by atoms with E-state index in [4.69, 9.17) is 0 Å². The van der Waals surface area contributed by atoms with Crippen LogP contribution in [0.4, 0.5) is 0 Å². The molecule has 0 aliphatic carbocycles. The zero-order valence-corrected chi connectivity index (χ0v) is 12.1. The molecule has 4 heterocycles. The lowest BCUT2D eigenvalue weighted by Crippen LogP contribution is -2.41. The molecule has 0 fully saturated rings. The highest BCUT2D eigenvalue weighted by Crippen LogP contribution is 2.15. The molecule has 8 heteroatoms. The van der Waals surface area contributed by atoms with Gasteiger partial charge in [-0.25, -0.2) is 9.50 Å². The monoisotopic (exact) mass is 297 g/mol. The van der Waals surface area contributed by atoms with Crippen molar-refractivity contribution in [2.75, 3.05) is 0 Å². The van der Waals surface area contributed by atoms with Crippen molar-refractivity contribution in [1.82, 2.24) is 34.7 Å². The molecule has 22 heavy (non-hydrogen) atoms. The third kappa shape index (κ3) is 2.03. The normalized spacial score (nSPS) is 17.4. The zero-order valence-electron chi connectivity index (χ0n) is 12.1. The molecule has 4 rings (SSSR count). The molecule has 1 amide bonds. The van der Waals surface area contributed by atoms with Crippen molar-refractivity contribution in [2.24, 2.45) is 0 Å². The number of nitrogens with zero attached hydrogens (tertiary/aromatic N) is 6. The number of amides is 1. The molecule has 1 atom stereocenters. The fourth-order valence-electron chi connectivity index (χ4n) is 2.83. The molecular formula is C14H15N7O. The van der Waals surface area contributed by atoms with E-state index in [1.54, 1.807) is 29.2 Å². The van der Waals surface area contributed by atoms with Crippen molar-refractivity contribution in [3.05, 3.63) is 41.9 Å². The maximum Gasteiger partial charge on any atom is 0.257 e. The topological polar surface area (TPSA) is 90.0 Å². The van der Waals surface area contributed by atoms with E-state index in [0.717, 1.165) is 24.5 Å². The lowest BCUT2D eigenvalue weighted by Gasteiger charge is -2.24. The third-order valence-corrected chi connectivity index (χ3v) is 3.99. The summed E-state index contributed by atoms with van der Waals surface area (Å²) in [6.07, 6.45) is 6.65. The van der Waals surface area contributed by atoms with E-state index >= 15 is 0 Å². The minimum atomic E-state index is -0.145. The number of carbonyl (C=O) groups is 1. The first kappa shape index (κ1) is 12.9. The standard InChI is InChI=1S/C14H15N7O/c1-9-18-19-12-4-3-10(8-20(9)12)17-14(22)11-7-16-21-6-2-5-15-13(11)21/h2,5-7,10H,3-4,8H2,1H3,(H,17,22)/t10-/m1/s1. The van der Waals surface area contributed by atoms with Crippen LogP contribution in [0.1, 0.15) is 28.4 Å². The Hall–Kier alpha value is -2.77. The SMILES string of the molecule is Cc1nnc2n1C[C@H](NC(=O)c1cnn3cccnc13)CC2. The van der Waals surface area contributed by atoms with Crippen molar-refractivity contribution in [3.8, 4) is 0 Å². The lowest BCUT2D eigenvalue weighted by molar-refractivity contribution is 0.0928. The number of hydrogen-bond donors (Lipinski definition) is 1. The van der Waals surface area contributed by atoms with Gasteiger partial charge in [-0.2, -0.15) is 5.10 Å². The Bertz CT molecular complexity index is 850. The van der Waals surface area contributed by atoms with Gasteiger partial charge in [-0.15, -0.1) is 10.2 Å². The number of aryl methyl sites for hydroxylation is 2. The number of hydrogen-bond acceptors (Lipinski definition) is 5. The number of rotatable bonds is 2. The molecule has 0 radical (unpaired) electrons. The van der Waals surface area contributed by atoms with Crippen molar-refractivity contribution >= 4 is 11.6 Å². The van der Waals surface area contributed by atoms with Gasteiger partial charge in [0.15, 0.2) is 5.65 Å². The first-order chi connectivity index (χ1) is 10.7. The van der Waals surface area contributed by atoms with E-state index in [1.165, 1.54) is 0 Å². The van der Waals surface area contributed by atoms with Crippen LogP contribution in [0.25, 0.3) is 5.65 Å². The Morgan fingerprint density at radius 2 is 2.32 bits per heavy atom. The largest absolute Gasteiger partial charge is 0.347 e. The predicted octanol–water partition coefficient (Wildman–Crippen LogP) is 0.374. The highest BCUT2D eigenvalue weighted by atomic mass is 16.1. The van der Waals surface area contributed by atoms with Crippen molar-refractivity contribution < 1.29 is 4.79 Å². The smallest absolute Gasteiger partial charge is 0.257 e. The number of aromatic nitrogens is 6. The van der Waals surface area contributed by atoms with Gasteiger partial charge in [0.1, 0.15) is 17.2 Å². The van der Waals surface area contributed by atoms with Crippen LogP contribution < -0.4 is 5.32 Å². The molecule has 0 spiro atoms. The fraction of sp³-hybridized carbons (Fsp3) is 0.357. The Morgan fingerprint density at radius 3 is 3.23 bits per heavy atom. The molecule has 0 unspecified atom stereocenters. The van der Waals surface area contributed by atoms with Gasteiger partial charge in [-0.3, -0.25) is 4.79 Å². The summed E-state index contributed by atoms with van der Waals surface area (Å²) in [5, 5.41) is 15.4. The minimum absolute atomic E-state index is 0.0633. The van der Waals surface area contributed by atoms with E-state index in [2.05, 4.69) is 30.2 Å². The first-order valence-corrected chi connectivity index (χ1v) is 7.20. The summed E-state index contributed by atoms with van der Waals surface area (Å²) in [6.45, 7) is 2.63. The third-order valence-electron chi connectivity index (χ3n) is 3.99. The molecule has 8 nitrogen and oxygen atoms in total. The van der Waals surface area contributed by atoms with Gasteiger partial charge in [0.2, 0.25) is 0 Å². The molecule has 112 valence electrons. The highest BCUT2D eigenvalue weighted by Gasteiger charge is 2.24. The Labute approximate surface area is 126 Å². The second-order valence-electron chi connectivity index (χ2n) is 5.43. The summed E-state index contributed by atoms with van der Waals surface area (Å²) in [6, 6.07) is 1.84. The molecule has 1 N–H and O–H groups in total. The van der Waals surface area contributed by atoms with E-state index in [9.17, 15) is 4.79 Å². The minimum Gasteiger partial charge on any atom is -0.347 e. The van der Waals surface area contributed by atoms with Gasteiger partial charge >= 0.3 is 0 Å². The van der Waals surface area contributed by atoms with Gasteiger partial charge in [0, 0.05) is 31.4 Å². The molecule has 3 aromatic heterocycles. The highest BCUT2D eigenvalue weighted by molar-refractivity contribution is 5.99. The van der Waals surface area contributed by atoms with E-state index in [-0.39, 0.29) is 11.9 Å². The van der Waals surface area contributed by atoms with E-state index in [1.807, 2.05) is 6.92 Å². The summed E-state index contributed by atoms with van der Waals surface area (Å²) >= 11 is 0. The summed E-state index contributed by atoms with van der Waals surface area (Å²) in [4.78, 5) is 16.7. The molecule has 3 aromatic rings. The first-order valence-electron chi connectivity index (χ1n) is 7.20. The van der Waals surface area contributed by atoms with Crippen molar-refractivity contribution in [2.45, 2.75) is 32.4 Å². The van der Waals surface area contributed by atoms with Gasteiger partial charge in [0.25, 0.3) is 5.91 Å². The van der Waals surface area contributed by atoms with E-state index in [0.29, 0.717) is 17.8 Å². The number of fused-ring (bicyclic) bond motifs is 2. The van der Waals surface area contributed by atoms with Crippen LogP contribution >= 0.6 is 0 Å². The lowest BCUT2D eigenvalue weighted by atomic mass is 10.1. The van der Waals surface area contributed by atoms with Crippen LogP contribution in [0, 0.1) is 6.92 Å². The van der Waals surface area contributed by atoms with Crippen molar-refractivity contribution in [1.29, 1.82) is 0 Å². The Balaban J connectivity index is 1.54. The molecular weight excluding hydrogens is 282 g/mol. The summed E-state index contributed by atoms with van der Waals surface area (Å²) in [5.41, 5.74) is 1.06. The van der Waals surface area contributed by atoms with Gasteiger partial charge in [-0.05, 0) is 19.4 Å². The zero-order chi connectivity index (χ0) is 15.1. The van der Waals surface area contributed by atoms with Gasteiger partial charge in [0.05, 0.1) is 6.20 Å². The van der Waals surface area contributed by atoms with Crippen LogP contribution in [0.5, 0.6) is 0 Å². The second kappa shape index (κ2) is 4.90. The second-order valence-corrected chi connectivity index (χ2v) is 5.43. The van der Waals surface area contributed by atoms with Crippen LogP contribution in [0.15, 0.2) is 24.7 Å². The maximum absolute atomic E-state index is 12.5. The van der Waals surface area contributed by atoms with Crippen molar-refractivity contribution in [3.63, 3.8) is 0 Å². The fourth-order valence-corrected chi connectivity index (χ4v) is 2.83. The molecule has 1 aliphatic heterocycles. The van der Waals surface area contributed by atoms with Gasteiger partial charge < -0.3 is 9.88 Å². The molecule has 0 bridgehead atoms. The molecule has 1 aliphatic rings. The van der Waals surface area contributed by atoms with Crippen LogP contribution in [-0.4, -0.2) is 41.3 Å². The number of carbonyl (C=O) groups excluding carboxylic acids is 1. The molecule has 0 saturated heterocycles. The summed E-state index contributed by atoms with van der Waals surface area (Å²) < 4.78 is 3.65. The maximum atomic E-state index is 12.5. The predicted molar refractivity (Wildman–Crippen MR) is 77.3 cm³/mol. The average molecular weight is 297 g/mol. The summed E-state index contributed by atoms with van der Waals surface area (Å²) in [5.74, 6) is 1.72. The van der Waals surface area contributed by atoms with Crippen LogP contribution in [0.3, 0.4) is 0 Å². The Morgan fingerprint density at radius 1 is 1.41 bits per heavy atom. The van der Waals surface area contributed by atoms with Crippen LogP contribution in [-0.2, 0) is 13.0 Å². The quantitative estimate of drug-likeness (QED) is 0.738. The van der Waals surface area contributed by atoms with Gasteiger partial charge in [-0.1, -0.05) is 0 Å². The Kier molecular flexibility index (Phi) is 2.88. The summed E-state index contributed by atoms with van der Waals surface area (Å²) in [7, 11) is 0. The molecule has 0 saturated carbocycles.